The smallest absolute Gasteiger partial charge is 0.133 e. The van der Waals surface area contributed by atoms with Crippen LogP contribution in [0.25, 0.3) is 0 Å². The number of ketones is 1. The van der Waals surface area contributed by atoms with Crippen LogP contribution in [0, 0.1) is 5.92 Å². The molecule has 2 unspecified atom stereocenters. The fraction of sp³-hybridized carbons (Fsp3) is 0.500. The van der Waals surface area contributed by atoms with Crippen LogP contribution >= 0.6 is 0 Å². The summed E-state index contributed by atoms with van der Waals surface area (Å²) in [4.78, 5) is 11.5. The predicted octanol–water partition coefficient (Wildman–Crippen LogP) is 2.95. The van der Waals surface area contributed by atoms with Crippen molar-refractivity contribution in [3.63, 3.8) is 0 Å². The fourth-order valence-electron chi connectivity index (χ4n) is 2.56. The van der Waals surface area contributed by atoms with Gasteiger partial charge in [0, 0.05) is 5.92 Å². The third-order valence-corrected chi connectivity index (χ3v) is 3.56. The number of benzene rings is 1. The van der Waals surface area contributed by atoms with Crippen molar-refractivity contribution in [3.8, 4) is 5.75 Å². The van der Waals surface area contributed by atoms with Crippen LogP contribution in [0.5, 0.6) is 5.75 Å². The Balaban J connectivity index is 2.34. The SMILES string of the molecule is COc1ccc2c(c1)C(C)CC(C(C)=O)C2. The summed E-state index contributed by atoms with van der Waals surface area (Å²) < 4.78 is 5.24. The molecule has 2 heteroatoms. The summed E-state index contributed by atoms with van der Waals surface area (Å²) >= 11 is 0. The van der Waals surface area contributed by atoms with Gasteiger partial charge in [-0.05, 0) is 48.9 Å². The van der Waals surface area contributed by atoms with E-state index < -0.39 is 0 Å². The van der Waals surface area contributed by atoms with Crippen LogP contribution < -0.4 is 4.74 Å². The highest BCUT2D eigenvalue weighted by Crippen LogP contribution is 2.36. The highest BCUT2D eigenvalue weighted by molar-refractivity contribution is 5.79. The third-order valence-electron chi connectivity index (χ3n) is 3.56. The normalized spacial score (nSPS) is 23.7. The van der Waals surface area contributed by atoms with Crippen LogP contribution in [0.2, 0.25) is 0 Å². The minimum absolute atomic E-state index is 0.205. The number of carbonyl (C=O) groups excluding carboxylic acids is 1. The van der Waals surface area contributed by atoms with Gasteiger partial charge in [-0.25, -0.2) is 0 Å². The van der Waals surface area contributed by atoms with Crippen LogP contribution in [-0.4, -0.2) is 12.9 Å². The summed E-state index contributed by atoms with van der Waals surface area (Å²) in [6.07, 6.45) is 1.86. The van der Waals surface area contributed by atoms with Crippen LogP contribution in [0.1, 0.15) is 37.3 Å². The van der Waals surface area contributed by atoms with Crippen LogP contribution in [0.15, 0.2) is 18.2 Å². The van der Waals surface area contributed by atoms with Gasteiger partial charge in [-0.2, -0.15) is 0 Å². The number of rotatable bonds is 2. The van der Waals surface area contributed by atoms with Gasteiger partial charge < -0.3 is 4.74 Å². The first kappa shape index (κ1) is 11.2. The molecule has 0 saturated heterocycles. The summed E-state index contributed by atoms with van der Waals surface area (Å²) in [5, 5.41) is 0. The maximum absolute atomic E-state index is 11.5. The fourth-order valence-corrected chi connectivity index (χ4v) is 2.56. The van der Waals surface area contributed by atoms with E-state index in [1.807, 2.05) is 6.07 Å². The Kier molecular flexibility index (Phi) is 2.99. The van der Waals surface area contributed by atoms with E-state index in [9.17, 15) is 4.79 Å². The minimum atomic E-state index is 0.205. The third kappa shape index (κ3) is 1.97. The molecule has 0 amide bonds. The van der Waals surface area contributed by atoms with Gasteiger partial charge in [-0.3, -0.25) is 4.79 Å². The minimum Gasteiger partial charge on any atom is -0.497 e. The molecular weight excluding hydrogens is 200 g/mol. The molecule has 0 aliphatic heterocycles. The molecule has 16 heavy (non-hydrogen) atoms. The lowest BCUT2D eigenvalue weighted by Gasteiger charge is -2.28. The molecule has 0 aromatic heterocycles. The van der Waals surface area contributed by atoms with Gasteiger partial charge in [0.25, 0.3) is 0 Å². The van der Waals surface area contributed by atoms with Crippen molar-refractivity contribution < 1.29 is 9.53 Å². The van der Waals surface area contributed by atoms with E-state index in [1.54, 1.807) is 14.0 Å². The number of Topliss-reactive ketones (excluding diaryl/α,β-unsaturated/α-hetero) is 1. The number of methoxy groups -OCH3 is 1. The Labute approximate surface area is 96.6 Å². The van der Waals surface area contributed by atoms with Crippen molar-refractivity contribution in [1.82, 2.24) is 0 Å². The van der Waals surface area contributed by atoms with Gasteiger partial charge in [0.05, 0.1) is 7.11 Å². The second kappa shape index (κ2) is 4.28. The second-order valence-corrected chi connectivity index (χ2v) is 4.71. The Morgan fingerprint density at radius 1 is 1.44 bits per heavy atom. The Bertz CT molecular complexity index is 409. The molecule has 0 spiro atoms. The highest BCUT2D eigenvalue weighted by Gasteiger charge is 2.26. The Hall–Kier alpha value is -1.31. The van der Waals surface area contributed by atoms with Gasteiger partial charge in [-0.15, -0.1) is 0 Å². The second-order valence-electron chi connectivity index (χ2n) is 4.71. The molecule has 1 aromatic rings. The molecule has 2 rings (SSSR count). The topological polar surface area (TPSA) is 26.3 Å². The maximum Gasteiger partial charge on any atom is 0.133 e. The van der Waals surface area contributed by atoms with Crippen LogP contribution in [-0.2, 0) is 11.2 Å². The summed E-state index contributed by atoms with van der Waals surface area (Å²) in [5.41, 5.74) is 2.65. The molecule has 1 aliphatic carbocycles. The van der Waals surface area contributed by atoms with Crippen molar-refractivity contribution in [1.29, 1.82) is 0 Å². The molecule has 0 radical (unpaired) electrons. The lowest BCUT2D eigenvalue weighted by atomic mass is 9.76. The summed E-state index contributed by atoms with van der Waals surface area (Å²) in [7, 11) is 1.69. The average Bonchev–Trinajstić information content (AvgIpc) is 2.28. The standard InChI is InChI=1S/C14H18O2/c1-9-6-12(10(2)15)7-11-4-5-13(16-3)8-14(9)11/h4-5,8-9,12H,6-7H2,1-3H3. The molecule has 1 aliphatic rings. The monoisotopic (exact) mass is 218 g/mol. The van der Waals surface area contributed by atoms with E-state index >= 15 is 0 Å². The number of fused-ring (bicyclic) bond motifs is 1. The van der Waals surface area contributed by atoms with Gasteiger partial charge in [0.1, 0.15) is 11.5 Å². The van der Waals surface area contributed by atoms with Crippen molar-refractivity contribution in [3.05, 3.63) is 29.3 Å². The van der Waals surface area contributed by atoms with Gasteiger partial charge >= 0.3 is 0 Å². The first-order chi connectivity index (χ1) is 7.61. The average molecular weight is 218 g/mol. The molecule has 86 valence electrons. The molecule has 0 fully saturated rings. The molecule has 2 atom stereocenters. The maximum atomic E-state index is 11.5. The molecule has 0 saturated carbocycles. The summed E-state index contributed by atoms with van der Waals surface area (Å²) in [6.45, 7) is 3.89. The van der Waals surface area contributed by atoms with E-state index in [-0.39, 0.29) is 5.92 Å². The number of carbonyl (C=O) groups is 1. The van der Waals surface area contributed by atoms with E-state index in [2.05, 4.69) is 19.1 Å². The molecular formula is C14H18O2. The zero-order valence-corrected chi connectivity index (χ0v) is 10.1. The van der Waals surface area contributed by atoms with Crippen molar-refractivity contribution >= 4 is 5.78 Å². The first-order valence-electron chi connectivity index (χ1n) is 5.79. The van der Waals surface area contributed by atoms with Crippen molar-refractivity contribution in [2.45, 2.75) is 32.6 Å². The summed E-state index contributed by atoms with van der Waals surface area (Å²) in [6, 6.07) is 6.18. The van der Waals surface area contributed by atoms with Crippen LogP contribution in [0.4, 0.5) is 0 Å². The van der Waals surface area contributed by atoms with E-state index in [0.717, 1.165) is 18.6 Å². The lowest BCUT2D eigenvalue weighted by Crippen LogP contribution is -2.22. The molecule has 0 N–H and O–H groups in total. The Morgan fingerprint density at radius 2 is 2.19 bits per heavy atom. The van der Waals surface area contributed by atoms with E-state index in [4.69, 9.17) is 4.74 Å². The Morgan fingerprint density at radius 3 is 2.81 bits per heavy atom. The molecule has 2 nitrogen and oxygen atoms in total. The van der Waals surface area contributed by atoms with Crippen molar-refractivity contribution in [2.24, 2.45) is 5.92 Å². The van der Waals surface area contributed by atoms with Gasteiger partial charge in [0.2, 0.25) is 0 Å². The zero-order chi connectivity index (χ0) is 11.7. The molecule has 1 aromatic carbocycles. The van der Waals surface area contributed by atoms with Gasteiger partial charge in [0.15, 0.2) is 0 Å². The molecule has 0 bridgehead atoms. The van der Waals surface area contributed by atoms with Crippen molar-refractivity contribution in [2.75, 3.05) is 7.11 Å². The largest absolute Gasteiger partial charge is 0.497 e. The summed E-state index contributed by atoms with van der Waals surface area (Å²) in [5.74, 6) is 1.88. The van der Waals surface area contributed by atoms with E-state index in [1.165, 1.54) is 11.1 Å². The number of hydrogen-bond donors (Lipinski definition) is 0. The van der Waals surface area contributed by atoms with E-state index in [0.29, 0.717) is 11.7 Å². The number of hydrogen-bond acceptors (Lipinski definition) is 2. The first-order valence-corrected chi connectivity index (χ1v) is 5.79. The number of ether oxygens (including phenoxy) is 1. The lowest BCUT2D eigenvalue weighted by molar-refractivity contribution is -0.121. The molecule has 0 heterocycles. The zero-order valence-electron chi connectivity index (χ0n) is 10.1. The van der Waals surface area contributed by atoms with Crippen LogP contribution in [0.3, 0.4) is 0 Å². The van der Waals surface area contributed by atoms with Gasteiger partial charge in [-0.1, -0.05) is 13.0 Å². The highest BCUT2D eigenvalue weighted by atomic mass is 16.5. The predicted molar refractivity (Wildman–Crippen MR) is 63.9 cm³/mol. The quantitative estimate of drug-likeness (QED) is 0.763.